The van der Waals surface area contributed by atoms with Gasteiger partial charge in [0.05, 0.1) is 6.07 Å². The number of halogens is 3. The topological polar surface area (TPSA) is 91.8 Å². The minimum Gasteiger partial charge on any atom is -0.329 e. The maximum atomic E-state index is 12.4. The average Bonchev–Trinajstić information content (AvgIpc) is 2.91. The number of aryl methyl sites for hydroxylation is 1. The molecule has 0 unspecified atom stereocenters. The molecule has 0 spiro atoms. The van der Waals surface area contributed by atoms with E-state index in [9.17, 15) is 18.0 Å². The van der Waals surface area contributed by atoms with Crippen molar-refractivity contribution in [3.05, 3.63) is 29.7 Å². The van der Waals surface area contributed by atoms with Gasteiger partial charge in [-0.3, -0.25) is 4.79 Å². The minimum atomic E-state index is -4.70. The summed E-state index contributed by atoms with van der Waals surface area (Å²) in [6, 6.07) is 6.15. The fourth-order valence-corrected chi connectivity index (χ4v) is 1.67. The summed E-state index contributed by atoms with van der Waals surface area (Å²) in [7, 11) is 0. The molecule has 1 aromatic heterocycles. The molecule has 2 aromatic rings. The number of carbonyl (C=O) groups is 1. The van der Waals surface area contributed by atoms with Gasteiger partial charge in [-0.2, -0.15) is 23.4 Å². The molecule has 0 aliphatic carbocycles. The molecule has 1 aromatic carbocycles. The molecule has 0 atom stereocenters. The van der Waals surface area contributed by atoms with Crippen LogP contribution in [0.4, 0.5) is 18.9 Å². The Labute approximate surface area is 122 Å². The van der Waals surface area contributed by atoms with Gasteiger partial charge in [0, 0.05) is 11.3 Å². The number of alkyl halides is 3. The third kappa shape index (κ3) is 3.41. The predicted octanol–water partition coefficient (Wildman–Crippen LogP) is 2.92. The van der Waals surface area contributed by atoms with E-state index in [1.165, 1.54) is 18.2 Å². The van der Waals surface area contributed by atoms with Gasteiger partial charge in [-0.1, -0.05) is 5.16 Å². The van der Waals surface area contributed by atoms with Crippen molar-refractivity contribution >= 4 is 11.6 Å². The van der Waals surface area contributed by atoms with Crippen molar-refractivity contribution in [2.75, 3.05) is 5.32 Å². The second kappa shape index (κ2) is 5.85. The zero-order valence-corrected chi connectivity index (χ0v) is 11.2. The monoisotopic (exact) mass is 310 g/mol. The van der Waals surface area contributed by atoms with Crippen LogP contribution in [-0.4, -0.2) is 16.0 Å². The van der Waals surface area contributed by atoms with E-state index >= 15 is 0 Å². The molecule has 0 bridgehead atoms. The van der Waals surface area contributed by atoms with Crippen LogP contribution in [0.3, 0.4) is 0 Å². The van der Waals surface area contributed by atoms with Gasteiger partial charge in [0.25, 0.3) is 0 Å². The molecule has 0 aliphatic rings. The lowest BCUT2D eigenvalue weighted by Crippen LogP contribution is -2.11. The first-order valence-corrected chi connectivity index (χ1v) is 6.00. The molecule has 1 heterocycles. The van der Waals surface area contributed by atoms with E-state index in [1.807, 2.05) is 0 Å². The minimum absolute atomic E-state index is 0.203. The summed E-state index contributed by atoms with van der Waals surface area (Å²) >= 11 is 0. The van der Waals surface area contributed by atoms with Crippen LogP contribution in [0.2, 0.25) is 0 Å². The van der Waals surface area contributed by atoms with Gasteiger partial charge in [-0.25, -0.2) is 0 Å². The van der Waals surface area contributed by atoms with Crippen molar-refractivity contribution in [3.63, 3.8) is 0 Å². The Hall–Kier alpha value is -2.89. The Bertz CT molecular complexity index is 746. The Balaban J connectivity index is 2.24. The van der Waals surface area contributed by atoms with Crippen LogP contribution in [0.15, 0.2) is 22.7 Å². The smallest absolute Gasteiger partial charge is 0.329 e. The number of benzene rings is 1. The normalized spacial score (nSPS) is 11.0. The molecule has 1 N–H and O–H groups in total. The number of nitrogens with one attached hydrogen (secondary N) is 1. The van der Waals surface area contributed by atoms with Gasteiger partial charge in [0.15, 0.2) is 0 Å². The molecule has 114 valence electrons. The molecule has 1 amide bonds. The van der Waals surface area contributed by atoms with Gasteiger partial charge in [-0.15, -0.1) is 0 Å². The van der Waals surface area contributed by atoms with Crippen LogP contribution in [0.5, 0.6) is 0 Å². The lowest BCUT2D eigenvalue weighted by Gasteiger charge is -2.07. The molecule has 22 heavy (non-hydrogen) atoms. The van der Waals surface area contributed by atoms with Gasteiger partial charge >= 0.3 is 12.1 Å². The molecule has 0 saturated heterocycles. The number of nitriles is 1. The maximum absolute atomic E-state index is 12.4. The lowest BCUT2D eigenvalue weighted by molar-refractivity contribution is -0.159. The molecule has 0 aliphatic heterocycles. The van der Waals surface area contributed by atoms with Crippen molar-refractivity contribution in [2.45, 2.75) is 19.5 Å². The maximum Gasteiger partial charge on any atom is 0.471 e. The summed E-state index contributed by atoms with van der Waals surface area (Å²) in [5, 5.41) is 14.2. The number of amides is 1. The molecule has 9 heteroatoms. The summed E-state index contributed by atoms with van der Waals surface area (Å²) < 4.78 is 41.4. The molecular weight excluding hydrogens is 301 g/mol. The molecular formula is C13H9F3N4O2. The number of nitrogens with zero attached hydrogens (tertiary/aromatic N) is 3. The van der Waals surface area contributed by atoms with E-state index in [4.69, 9.17) is 5.26 Å². The summed E-state index contributed by atoms with van der Waals surface area (Å²) in [5.74, 6) is -2.10. The highest BCUT2D eigenvalue weighted by Crippen LogP contribution is 2.30. The highest BCUT2D eigenvalue weighted by atomic mass is 19.4. The van der Waals surface area contributed by atoms with Crippen LogP contribution in [0.1, 0.15) is 17.9 Å². The second-order valence-corrected chi connectivity index (χ2v) is 4.33. The summed E-state index contributed by atoms with van der Waals surface area (Å²) in [6.45, 7) is 1.65. The van der Waals surface area contributed by atoms with Gasteiger partial charge < -0.3 is 9.84 Å². The molecule has 6 nitrogen and oxygen atoms in total. The Morgan fingerprint density at radius 1 is 1.45 bits per heavy atom. The first kappa shape index (κ1) is 15.5. The number of hydrogen-bond donors (Lipinski definition) is 1. The average molecular weight is 310 g/mol. The number of anilines is 1. The van der Waals surface area contributed by atoms with Gasteiger partial charge in [0.1, 0.15) is 6.42 Å². The zero-order valence-electron chi connectivity index (χ0n) is 11.2. The molecule has 0 radical (unpaired) electrons. The fourth-order valence-electron chi connectivity index (χ4n) is 1.67. The zero-order chi connectivity index (χ0) is 16.3. The summed E-state index contributed by atoms with van der Waals surface area (Å²) in [5.41, 5.74) is 1.35. The SMILES string of the molecule is Cc1cc(-c2noc(C(F)(F)F)n2)ccc1NC(=O)CC#N. The van der Waals surface area contributed by atoms with E-state index in [0.29, 0.717) is 16.8 Å². The highest BCUT2D eigenvalue weighted by molar-refractivity contribution is 5.93. The van der Waals surface area contributed by atoms with E-state index in [0.717, 1.165) is 0 Å². The first-order valence-electron chi connectivity index (χ1n) is 6.00. The predicted molar refractivity (Wildman–Crippen MR) is 68.3 cm³/mol. The number of rotatable bonds is 3. The van der Waals surface area contributed by atoms with Crippen LogP contribution < -0.4 is 5.32 Å². The van der Waals surface area contributed by atoms with Crippen molar-refractivity contribution in [3.8, 4) is 17.5 Å². The van der Waals surface area contributed by atoms with E-state index < -0.39 is 18.0 Å². The van der Waals surface area contributed by atoms with Crippen molar-refractivity contribution < 1.29 is 22.5 Å². The number of hydrogen-bond acceptors (Lipinski definition) is 5. The van der Waals surface area contributed by atoms with Crippen LogP contribution >= 0.6 is 0 Å². The number of aromatic nitrogens is 2. The van der Waals surface area contributed by atoms with Gasteiger partial charge in [-0.05, 0) is 30.7 Å². The van der Waals surface area contributed by atoms with Crippen LogP contribution in [0, 0.1) is 18.3 Å². The van der Waals surface area contributed by atoms with Gasteiger partial charge in [0.2, 0.25) is 11.7 Å². The Morgan fingerprint density at radius 2 is 2.18 bits per heavy atom. The molecule has 2 rings (SSSR count). The fraction of sp³-hybridized carbons (Fsp3) is 0.231. The standard InChI is InChI=1S/C13H9F3N4O2/c1-7-6-8(2-3-9(7)18-10(21)4-5-17)11-19-12(22-20-11)13(14,15)16/h2-3,6H,4H2,1H3,(H,18,21). The van der Waals surface area contributed by atoms with E-state index in [-0.39, 0.29) is 12.2 Å². The third-order valence-electron chi connectivity index (χ3n) is 2.67. The molecule has 0 saturated carbocycles. The summed E-state index contributed by atoms with van der Waals surface area (Å²) in [4.78, 5) is 14.6. The number of carbonyl (C=O) groups excluding carboxylic acids is 1. The highest BCUT2D eigenvalue weighted by Gasteiger charge is 2.38. The van der Waals surface area contributed by atoms with E-state index in [2.05, 4.69) is 20.0 Å². The molecule has 0 fully saturated rings. The lowest BCUT2D eigenvalue weighted by atomic mass is 10.1. The van der Waals surface area contributed by atoms with E-state index in [1.54, 1.807) is 13.0 Å². The Morgan fingerprint density at radius 3 is 2.73 bits per heavy atom. The quantitative estimate of drug-likeness (QED) is 0.941. The first-order chi connectivity index (χ1) is 10.3. The Kier molecular flexibility index (Phi) is 4.12. The largest absolute Gasteiger partial charge is 0.471 e. The van der Waals surface area contributed by atoms with Crippen LogP contribution in [0.25, 0.3) is 11.4 Å². The summed E-state index contributed by atoms with van der Waals surface area (Å²) in [6.07, 6.45) is -4.99. The van der Waals surface area contributed by atoms with Crippen molar-refractivity contribution in [1.82, 2.24) is 10.1 Å². The second-order valence-electron chi connectivity index (χ2n) is 4.33. The van der Waals surface area contributed by atoms with Crippen molar-refractivity contribution in [2.24, 2.45) is 0 Å². The van der Waals surface area contributed by atoms with Crippen molar-refractivity contribution in [1.29, 1.82) is 5.26 Å². The third-order valence-corrected chi connectivity index (χ3v) is 2.67. The van der Waals surface area contributed by atoms with Crippen LogP contribution in [-0.2, 0) is 11.0 Å².